The van der Waals surface area contributed by atoms with E-state index >= 15 is 0 Å². The van der Waals surface area contributed by atoms with Gasteiger partial charge in [0.25, 0.3) is 0 Å². The van der Waals surface area contributed by atoms with Crippen LogP contribution in [0.25, 0.3) is 0 Å². The van der Waals surface area contributed by atoms with Crippen molar-refractivity contribution in [3.05, 3.63) is 36.1 Å². The SMILES string of the molecule is CCC1=C/C(C)/C=C\NC/C=C\1. The molecular formula is C11H17N. The molecule has 1 heterocycles. The van der Waals surface area contributed by atoms with Gasteiger partial charge < -0.3 is 5.32 Å². The molecule has 0 saturated carbocycles. The molecule has 1 N–H and O–H groups in total. The summed E-state index contributed by atoms with van der Waals surface area (Å²) in [6, 6.07) is 0. The lowest BCUT2D eigenvalue weighted by Gasteiger charge is -2.00. The summed E-state index contributed by atoms with van der Waals surface area (Å²) >= 11 is 0. The van der Waals surface area contributed by atoms with E-state index < -0.39 is 0 Å². The smallest absolute Gasteiger partial charge is 0.0328 e. The Hall–Kier alpha value is -0.980. The van der Waals surface area contributed by atoms with Crippen molar-refractivity contribution in [1.29, 1.82) is 0 Å². The van der Waals surface area contributed by atoms with Crippen LogP contribution in [0.1, 0.15) is 20.3 Å². The second-order valence-electron chi connectivity index (χ2n) is 3.12. The molecule has 1 unspecified atom stereocenters. The number of rotatable bonds is 1. The Labute approximate surface area is 74.9 Å². The minimum Gasteiger partial charge on any atom is -0.388 e. The highest BCUT2D eigenvalue weighted by molar-refractivity contribution is 5.21. The topological polar surface area (TPSA) is 12.0 Å². The average Bonchev–Trinajstić information content (AvgIpc) is 2.16. The summed E-state index contributed by atoms with van der Waals surface area (Å²) in [7, 11) is 0. The summed E-state index contributed by atoms with van der Waals surface area (Å²) in [5.41, 5.74) is 1.43. The van der Waals surface area contributed by atoms with Crippen molar-refractivity contribution in [2.75, 3.05) is 6.54 Å². The molecule has 0 aromatic heterocycles. The first-order valence-corrected chi connectivity index (χ1v) is 4.60. The van der Waals surface area contributed by atoms with Gasteiger partial charge in [-0.1, -0.05) is 43.7 Å². The Morgan fingerprint density at radius 2 is 2.42 bits per heavy atom. The molecule has 1 heteroatoms. The lowest BCUT2D eigenvalue weighted by molar-refractivity contribution is 0.896. The van der Waals surface area contributed by atoms with Gasteiger partial charge in [0.05, 0.1) is 0 Å². The molecule has 0 bridgehead atoms. The third-order valence-corrected chi connectivity index (χ3v) is 1.97. The average molecular weight is 163 g/mol. The minimum atomic E-state index is 0.537. The van der Waals surface area contributed by atoms with E-state index in [1.165, 1.54) is 5.57 Å². The molecule has 0 aromatic rings. The van der Waals surface area contributed by atoms with Crippen molar-refractivity contribution in [3.8, 4) is 0 Å². The second kappa shape index (κ2) is 4.81. The van der Waals surface area contributed by atoms with Gasteiger partial charge in [0.2, 0.25) is 0 Å². The Bertz CT molecular complexity index is 211. The van der Waals surface area contributed by atoms with Crippen molar-refractivity contribution in [2.45, 2.75) is 20.3 Å². The largest absolute Gasteiger partial charge is 0.388 e. The summed E-state index contributed by atoms with van der Waals surface area (Å²) in [4.78, 5) is 0. The van der Waals surface area contributed by atoms with Crippen LogP contribution in [0.15, 0.2) is 36.1 Å². The Morgan fingerprint density at radius 3 is 3.17 bits per heavy atom. The molecule has 0 aliphatic carbocycles. The molecule has 1 aliphatic heterocycles. The summed E-state index contributed by atoms with van der Waals surface area (Å²) in [6.07, 6.45) is 12.0. The van der Waals surface area contributed by atoms with E-state index in [0.29, 0.717) is 5.92 Å². The van der Waals surface area contributed by atoms with E-state index in [1.807, 2.05) is 6.20 Å². The van der Waals surface area contributed by atoms with Gasteiger partial charge in [0.1, 0.15) is 0 Å². The third kappa shape index (κ3) is 2.95. The highest BCUT2D eigenvalue weighted by atomic mass is 14.8. The zero-order chi connectivity index (χ0) is 8.81. The standard InChI is InChI=1S/C11H17N/c1-3-11-5-4-7-12-8-6-10(2)9-11/h4-6,8-10,12H,3,7H2,1-2H3/b5-4-,8-6-,11-9-. The molecule has 1 atom stereocenters. The van der Waals surface area contributed by atoms with Crippen molar-refractivity contribution < 1.29 is 0 Å². The molecule has 12 heavy (non-hydrogen) atoms. The van der Waals surface area contributed by atoms with Gasteiger partial charge in [-0.25, -0.2) is 0 Å². The maximum absolute atomic E-state index is 3.20. The number of nitrogens with one attached hydrogen (secondary N) is 1. The second-order valence-corrected chi connectivity index (χ2v) is 3.12. The van der Waals surface area contributed by atoms with Crippen LogP contribution < -0.4 is 5.32 Å². The number of hydrogen-bond acceptors (Lipinski definition) is 1. The summed E-state index contributed by atoms with van der Waals surface area (Å²) in [6.45, 7) is 5.32. The molecule has 0 saturated heterocycles. The first-order chi connectivity index (χ1) is 5.83. The lowest BCUT2D eigenvalue weighted by atomic mass is 10.1. The molecule has 0 aromatic carbocycles. The maximum atomic E-state index is 3.20. The molecule has 1 rings (SSSR count). The van der Waals surface area contributed by atoms with E-state index in [9.17, 15) is 0 Å². The quantitative estimate of drug-likeness (QED) is 0.626. The lowest BCUT2D eigenvalue weighted by Crippen LogP contribution is -2.03. The van der Waals surface area contributed by atoms with Crippen LogP contribution >= 0.6 is 0 Å². The zero-order valence-corrected chi connectivity index (χ0v) is 7.88. The Kier molecular flexibility index (Phi) is 3.65. The zero-order valence-electron chi connectivity index (χ0n) is 7.88. The molecule has 0 spiro atoms. The van der Waals surface area contributed by atoms with Gasteiger partial charge in [0, 0.05) is 6.54 Å². The van der Waals surface area contributed by atoms with Crippen LogP contribution in [-0.2, 0) is 0 Å². The van der Waals surface area contributed by atoms with Crippen molar-refractivity contribution >= 4 is 0 Å². The first kappa shape index (κ1) is 9.11. The van der Waals surface area contributed by atoms with Gasteiger partial charge in [-0.2, -0.15) is 0 Å². The molecule has 0 radical (unpaired) electrons. The highest BCUT2D eigenvalue weighted by Gasteiger charge is 1.95. The van der Waals surface area contributed by atoms with E-state index in [0.717, 1.165) is 13.0 Å². The molecule has 1 aliphatic rings. The van der Waals surface area contributed by atoms with E-state index in [2.05, 4.69) is 43.5 Å². The van der Waals surface area contributed by atoms with Crippen LogP contribution in [0, 0.1) is 5.92 Å². The van der Waals surface area contributed by atoms with Crippen LogP contribution in [0.3, 0.4) is 0 Å². The van der Waals surface area contributed by atoms with Gasteiger partial charge in [-0.15, -0.1) is 0 Å². The third-order valence-electron chi connectivity index (χ3n) is 1.97. The molecule has 1 nitrogen and oxygen atoms in total. The summed E-state index contributed by atoms with van der Waals surface area (Å²) in [5.74, 6) is 0.537. The number of hydrogen-bond donors (Lipinski definition) is 1. The van der Waals surface area contributed by atoms with Crippen molar-refractivity contribution in [3.63, 3.8) is 0 Å². The first-order valence-electron chi connectivity index (χ1n) is 4.60. The van der Waals surface area contributed by atoms with Crippen molar-refractivity contribution in [1.82, 2.24) is 5.32 Å². The fourth-order valence-electron chi connectivity index (χ4n) is 1.25. The summed E-state index contributed by atoms with van der Waals surface area (Å²) in [5, 5.41) is 3.20. The van der Waals surface area contributed by atoms with Gasteiger partial charge >= 0.3 is 0 Å². The van der Waals surface area contributed by atoms with Crippen molar-refractivity contribution in [2.24, 2.45) is 5.92 Å². The Morgan fingerprint density at radius 1 is 1.58 bits per heavy atom. The van der Waals surface area contributed by atoms with Crippen LogP contribution in [0.5, 0.6) is 0 Å². The predicted molar refractivity (Wildman–Crippen MR) is 53.8 cm³/mol. The maximum Gasteiger partial charge on any atom is 0.0328 e. The van der Waals surface area contributed by atoms with E-state index in [-0.39, 0.29) is 0 Å². The normalized spacial score (nSPS) is 33.2. The highest BCUT2D eigenvalue weighted by Crippen LogP contribution is 2.10. The molecular weight excluding hydrogens is 146 g/mol. The molecule has 0 fully saturated rings. The fraction of sp³-hybridized carbons (Fsp3) is 0.455. The number of allylic oxidation sites excluding steroid dienone is 4. The van der Waals surface area contributed by atoms with Gasteiger partial charge in [0.15, 0.2) is 0 Å². The fourth-order valence-corrected chi connectivity index (χ4v) is 1.25. The monoisotopic (exact) mass is 163 g/mol. The van der Waals surface area contributed by atoms with Crippen LogP contribution in [0.2, 0.25) is 0 Å². The van der Waals surface area contributed by atoms with E-state index in [4.69, 9.17) is 0 Å². The summed E-state index contributed by atoms with van der Waals surface area (Å²) < 4.78 is 0. The van der Waals surface area contributed by atoms with E-state index in [1.54, 1.807) is 0 Å². The van der Waals surface area contributed by atoms with Crippen LogP contribution in [0.4, 0.5) is 0 Å². The molecule has 66 valence electrons. The molecule has 0 amide bonds. The minimum absolute atomic E-state index is 0.537. The Balaban J connectivity index is 2.73. The predicted octanol–water partition coefficient (Wildman–Crippen LogP) is 2.63. The van der Waals surface area contributed by atoms with Gasteiger partial charge in [-0.05, 0) is 18.5 Å². The van der Waals surface area contributed by atoms with Gasteiger partial charge in [-0.3, -0.25) is 0 Å². The van der Waals surface area contributed by atoms with Crippen LogP contribution in [-0.4, -0.2) is 6.54 Å².